The van der Waals surface area contributed by atoms with E-state index in [2.05, 4.69) is 0 Å². The first-order valence-electron chi connectivity index (χ1n) is 9.62. The maximum absolute atomic E-state index is 13.3. The zero-order chi connectivity index (χ0) is 22.1. The van der Waals surface area contributed by atoms with E-state index >= 15 is 0 Å². The number of ether oxygens (including phenoxy) is 3. The van der Waals surface area contributed by atoms with E-state index in [0.29, 0.717) is 6.42 Å². The van der Waals surface area contributed by atoms with Gasteiger partial charge in [0, 0.05) is 6.54 Å². The summed E-state index contributed by atoms with van der Waals surface area (Å²) in [6.45, 7) is 15.5. The standard InChI is InChI=1S/C20H36N2O6/c1-17(2,3)26-14(23)13-11-10-12-22(21)20(13,15(24)27-18(4,5)6)16(25)28-19(7,8)9/h13H,10-12,21H2,1-9H3. The van der Waals surface area contributed by atoms with Crippen molar-refractivity contribution in [2.45, 2.75) is 97.5 Å². The highest BCUT2D eigenvalue weighted by Gasteiger charge is 2.64. The summed E-state index contributed by atoms with van der Waals surface area (Å²) in [7, 11) is 0. The van der Waals surface area contributed by atoms with Crippen molar-refractivity contribution >= 4 is 17.9 Å². The Labute approximate surface area is 168 Å². The molecule has 0 aliphatic carbocycles. The number of rotatable bonds is 3. The second-order valence-electron chi connectivity index (χ2n) is 10.2. The molecule has 1 unspecified atom stereocenters. The lowest BCUT2D eigenvalue weighted by molar-refractivity contribution is -0.205. The van der Waals surface area contributed by atoms with Crippen LogP contribution in [0.2, 0.25) is 0 Å². The monoisotopic (exact) mass is 400 g/mol. The Hall–Kier alpha value is -1.67. The van der Waals surface area contributed by atoms with Gasteiger partial charge in [0.05, 0.1) is 5.92 Å². The molecular formula is C20H36N2O6. The van der Waals surface area contributed by atoms with Crippen LogP contribution < -0.4 is 5.84 Å². The Bertz CT molecular complexity index is 582. The van der Waals surface area contributed by atoms with Gasteiger partial charge in [-0.05, 0) is 75.2 Å². The number of piperidine rings is 1. The second-order valence-corrected chi connectivity index (χ2v) is 10.2. The first-order chi connectivity index (χ1) is 12.4. The van der Waals surface area contributed by atoms with E-state index in [1.165, 1.54) is 0 Å². The first kappa shape index (κ1) is 24.4. The molecule has 0 aromatic rings. The molecule has 1 fully saturated rings. The summed E-state index contributed by atoms with van der Waals surface area (Å²) in [6, 6.07) is 0. The number of hydrogen-bond acceptors (Lipinski definition) is 8. The molecule has 0 saturated carbocycles. The molecule has 162 valence electrons. The summed E-state index contributed by atoms with van der Waals surface area (Å²) in [5, 5.41) is 1.08. The van der Waals surface area contributed by atoms with Crippen LogP contribution in [0.25, 0.3) is 0 Å². The highest BCUT2D eigenvalue weighted by Crippen LogP contribution is 2.38. The molecule has 0 spiro atoms. The molecule has 8 heteroatoms. The Morgan fingerprint density at radius 2 is 1.21 bits per heavy atom. The molecule has 1 heterocycles. The van der Waals surface area contributed by atoms with Crippen molar-refractivity contribution in [2.24, 2.45) is 11.8 Å². The van der Waals surface area contributed by atoms with E-state index in [9.17, 15) is 14.4 Å². The Morgan fingerprint density at radius 1 is 0.821 bits per heavy atom. The Morgan fingerprint density at radius 3 is 1.57 bits per heavy atom. The lowest BCUT2D eigenvalue weighted by atomic mass is 9.76. The van der Waals surface area contributed by atoms with E-state index in [-0.39, 0.29) is 13.0 Å². The molecular weight excluding hydrogens is 364 g/mol. The van der Waals surface area contributed by atoms with E-state index in [0.717, 1.165) is 5.01 Å². The molecule has 1 aliphatic rings. The SMILES string of the molecule is CC(C)(C)OC(=O)C1CCCN(N)C1(C(=O)OC(C)(C)C)C(=O)OC(C)(C)C. The molecule has 0 bridgehead atoms. The lowest BCUT2D eigenvalue weighted by Gasteiger charge is -2.46. The van der Waals surface area contributed by atoms with Crippen LogP contribution >= 0.6 is 0 Å². The fourth-order valence-electron chi connectivity index (χ4n) is 3.03. The van der Waals surface area contributed by atoms with Crippen LogP contribution in [0.5, 0.6) is 0 Å². The van der Waals surface area contributed by atoms with Gasteiger partial charge in [0.1, 0.15) is 16.8 Å². The molecule has 1 aliphatic heterocycles. The van der Waals surface area contributed by atoms with Crippen LogP contribution in [-0.2, 0) is 28.6 Å². The predicted octanol–water partition coefficient (Wildman–Crippen LogP) is 2.34. The van der Waals surface area contributed by atoms with Crippen LogP contribution in [-0.4, -0.2) is 51.8 Å². The first-order valence-corrected chi connectivity index (χ1v) is 9.62. The fraction of sp³-hybridized carbons (Fsp3) is 0.850. The predicted molar refractivity (Wildman–Crippen MR) is 104 cm³/mol. The minimum absolute atomic E-state index is 0.234. The van der Waals surface area contributed by atoms with Crippen molar-refractivity contribution < 1.29 is 28.6 Å². The molecule has 2 N–H and O–H groups in total. The van der Waals surface area contributed by atoms with Crippen LogP contribution in [0.1, 0.15) is 75.2 Å². The summed E-state index contributed by atoms with van der Waals surface area (Å²) in [5.41, 5.74) is -4.67. The van der Waals surface area contributed by atoms with E-state index in [1.54, 1.807) is 62.3 Å². The molecule has 1 atom stereocenters. The molecule has 0 aromatic heterocycles. The normalized spacial score (nSPS) is 21.0. The Kier molecular flexibility index (Phi) is 6.95. The minimum atomic E-state index is -2.11. The van der Waals surface area contributed by atoms with Gasteiger partial charge >= 0.3 is 17.9 Å². The average molecular weight is 401 g/mol. The number of hydrazine groups is 1. The van der Waals surface area contributed by atoms with Crippen molar-refractivity contribution in [1.29, 1.82) is 0 Å². The Balaban J connectivity index is 3.53. The van der Waals surface area contributed by atoms with Crippen molar-refractivity contribution in [3.05, 3.63) is 0 Å². The van der Waals surface area contributed by atoms with Crippen LogP contribution in [0.3, 0.4) is 0 Å². The summed E-state index contributed by atoms with van der Waals surface area (Å²) in [5.74, 6) is 2.53. The van der Waals surface area contributed by atoms with Crippen LogP contribution in [0, 0.1) is 5.92 Å². The highest BCUT2D eigenvalue weighted by atomic mass is 16.6. The van der Waals surface area contributed by atoms with Crippen LogP contribution in [0.15, 0.2) is 0 Å². The third kappa shape index (κ3) is 5.91. The molecule has 1 rings (SSSR count). The van der Waals surface area contributed by atoms with Gasteiger partial charge in [0.2, 0.25) is 5.54 Å². The molecule has 0 amide bonds. The van der Waals surface area contributed by atoms with Gasteiger partial charge in [-0.3, -0.25) is 10.6 Å². The van der Waals surface area contributed by atoms with Gasteiger partial charge in [-0.2, -0.15) is 0 Å². The minimum Gasteiger partial charge on any atom is -0.460 e. The van der Waals surface area contributed by atoms with E-state index in [4.69, 9.17) is 20.1 Å². The second kappa shape index (κ2) is 7.99. The van der Waals surface area contributed by atoms with Gasteiger partial charge < -0.3 is 14.2 Å². The molecule has 0 aromatic carbocycles. The molecule has 8 nitrogen and oxygen atoms in total. The highest BCUT2D eigenvalue weighted by molar-refractivity contribution is 6.09. The molecule has 1 saturated heterocycles. The number of nitrogens with zero attached hydrogens (tertiary/aromatic N) is 1. The van der Waals surface area contributed by atoms with Crippen LogP contribution in [0.4, 0.5) is 0 Å². The third-order valence-corrected chi connectivity index (χ3v) is 3.96. The van der Waals surface area contributed by atoms with Crippen molar-refractivity contribution in [3.63, 3.8) is 0 Å². The molecule has 0 radical (unpaired) electrons. The quantitative estimate of drug-likeness (QED) is 0.333. The fourth-order valence-corrected chi connectivity index (χ4v) is 3.03. The van der Waals surface area contributed by atoms with Gasteiger partial charge in [-0.25, -0.2) is 14.6 Å². The summed E-state index contributed by atoms with van der Waals surface area (Å²) < 4.78 is 16.6. The van der Waals surface area contributed by atoms with Crippen molar-refractivity contribution in [2.75, 3.05) is 6.54 Å². The number of esters is 3. The lowest BCUT2D eigenvalue weighted by Crippen LogP contribution is -2.72. The maximum atomic E-state index is 13.3. The average Bonchev–Trinajstić information content (AvgIpc) is 2.40. The smallest absolute Gasteiger partial charge is 0.341 e. The zero-order valence-corrected chi connectivity index (χ0v) is 18.7. The number of carbonyl (C=O) groups is 3. The topological polar surface area (TPSA) is 108 Å². The third-order valence-electron chi connectivity index (χ3n) is 3.96. The number of nitrogens with two attached hydrogens (primary N) is 1. The zero-order valence-electron chi connectivity index (χ0n) is 18.7. The van der Waals surface area contributed by atoms with Crippen molar-refractivity contribution in [1.82, 2.24) is 5.01 Å². The number of hydrogen-bond donors (Lipinski definition) is 1. The van der Waals surface area contributed by atoms with Gasteiger partial charge in [0.15, 0.2) is 0 Å². The molecule has 28 heavy (non-hydrogen) atoms. The largest absolute Gasteiger partial charge is 0.460 e. The van der Waals surface area contributed by atoms with Crippen molar-refractivity contribution in [3.8, 4) is 0 Å². The summed E-state index contributed by atoms with van der Waals surface area (Å²) >= 11 is 0. The van der Waals surface area contributed by atoms with E-state index in [1.807, 2.05) is 0 Å². The van der Waals surface area contributed by atoms with E-state index < -0.39 is 46.2 Å². The van der Waals surface area contributed by atoms with Gasteiger partial charge in [-0.15, -0.1) is 0 Å². The van der Waals surface area contributed by atoms with Gasteiger partial charge in [-0.1, -0.05) is 0 Å². The summed E-state index contributed by atoms with van der Waals surface area (Å²) in [4.78, 5) is 39.6. The van der Waals surface area contributed by atoms with Gasteiger partial charge in [0.25, 0.3) is 0 Å². The number of carbonyl (C=O) groups excluding carboxylic acids is 3. The summed E-state index contributed by atoms with van der Waals surface area (Å²) in [6.07, 6.45) is 0.773. The maximum Gasteiger partial charge on any atom is 0.341 e.